The Morgan fingerprint density at radius 1 is 0.473 bits per heavy atom. The molecule has 4 heterocycles. The Morgan fingerprint density at radius 3 is 1.21 bits per heavy atom. The molecule has 606 valence electrons. The number of hydrogen-bond acceptors (Lipinski definition) is 26. The standard InChI is InChI=1S/C70H96F6N16O18/c1-47-15-19-79-59(37-47)77-17-5-11-63(95)83-57(67(101)85-55(43-65(97)98)49-7-3-9-53(39-49)109-69(71,72)73)41-51-45-91(89-87-51)23-27-105-31-35-107-33-29-103-25-21-81-61(93)13-14-62(94)82-22-26-104-30-34-108-36-32-106-28-24-92-46-52(88-90-92)42-58(84-64(96)12-6-18-78-60-38-48(2)16-20-80-60)68(102)86-56(44-66(99)100)50-8-4-10-54(40-50)110-70(74,75)76/h3-4,7-10,15-16,19-20,37-40,51-52,55-58H,5-6,11-14,17-18,21-36,41-46H2,1-2H3,(H,77,79)(H,78,80)(H,81,93)(H,82,94)(H,83,95)(H,84,96)(H,85,101)(H,86,102)(H,97,98)(H,99,100). The number of rotatable bonds is 55. The van der Waals surface area contributed by atoms with Gasteiger partial charge in [0.05, 0.1) is 142 Å². The Balaban J connectivity index is 0.753. The second-order valence-electron chi connectivity index (χ2n) is 25.2. The van der Waals surface area contributed by atoms with Crippen LogP contribution in [0, 0.1) is 13.8 Å². The Kier molecular flexibility index (Phi) is 39.0. The van der Waals surface area contributed by atoms with Gasteiger partial charge in [0.25, 0.3) is 0 Å². The number of anilines is 2. The number of carbonyl (C=O) groups excluding carboxylic acids is 6. The first kappa shape index (κ1) is 88.7. The molecule has 10 N–H and O–H groups in total. The lowest BCUT2D eigenvalue weighted by atomic mass is 10.0. The highest BCUT2D eigenvalue weighted by atomic mass is 19.4. The van der Waals surface area contributed by atoms with Crippen LogP contribution >= 0.6 is 0 Å². The number of carboxylic acid groups (broad SMARTS) is 2. The number of nitrogens with zero attached hydrogens (tertiary/aromatic N) is 8. The molecule has 40 heteroatoms. The number of aryl methyl sites for hydroxylation is 2. The van der Waals surface area contributed by atoms with Gasteiger partial charge in [-0.15, -0.1) is 26.3 Å². The smallest absolute Gasteiger partial charge is 0.481 e. The van der Waals surface area contributed by atoms with Gasteiger partial charge in [0.15, 0.2) is 0 Å². The van der Waals surface area contributed by atoms with E-state index in [1.807, 2.05) is 38.1 Å². The second-order valence-corrected chi connectivity index (χ2v) is 25.2. The van der Waals surface area contributed by atoms with Crippen LogP contribution in [0.2, 0.25) is 0 Å². The van der Waals surface area contributed by atoms with Gasteiger partial charge in [-0.2, -0.15) is 10.2 Å². The predicted molar refractivity (Wildman–Crippen MR) is 380 cm³/mol. The molecule has 6 atom stereocenters. The van der Waals surface area contributed by atoms with Crippen molar-refractivity contribution in [3.05, 3.63) is 107 Å². The van der Waals surface area contributed by atoms with Crippen LogP contribution in [0.3, 0.4) is 0 Å². The van der Waals surface area contributed by atoms with Crippen molar-refractivity contribution >= 4 is 59.0 Å². The summed E-state index contributed by atoms with van der Waals surface area (Å²) in [6.07, 6.45) is -7.60. The van der Waals surface area contributed by atoms with Gasteiger partial charge >= 0.3 is 24.7 Å². The molecular weight excluding hydrogens is 1470 g/mol. The predicted octanol–water partition coefficient (Wildman–Crippen LogP) is 5.60. The highest BCUT2D eigenvalue weighted by Gasteiger charge is 2.36. The van der Waals surface area contributed by atoms with Gasteiger partial charge in [0.1, 0.15) is 35.2 Å². The number of amides is 6. The summed E-state index contributed by atoms with van der Waals surface area (Å²) in [5, 5.41) is 61.7. The van der Waals surface area contributed by atoms with E-state index in [1.54, 1.807) is 22.4 Å². The van der Waals surface area contributed by atoms with Crippen molar-refractivity contribution in [2.24, 2.45) is 20.7 Å². The molecule has 2 aliphatic heterocycles. The highest BCUT2D eigenvalue weighted by Crippen LogP contribution is 2.30. The largest absolute Gasteiger partial charge is 0.573 e. The molecule has 2 aromatic heterocycles. The van der Waals surface area contributed by atoms with Crippen molar-refractivity contribution in [3.8, 4) is 11.5 Å². The van der Waals surface area contributed by atoms with E-state index in [1.165, 1.54) is 24.3 Å². The van der Waals surface area contributed by atoms with Crippen LogP contribution in [0.15, 0.2) is 106 Å². The molecule has 6 amide bonds. The lowest BCUT2D eigenvalue weighted by molar-refractivity contribution is -0.275. The van der Waals surface area contributed by atoms with Crippen molar-refractivity contribution in [2.45, 2.75) is 127 Å². The second kappa shape index (κ2) is 48.4. The third kappa shape index (κ3) is 38.3. The quantitative estimate of drug-likeness (QED) is 0.0190. The summed E-state index contributed by atoms with van der Waals surface area (Å²) in [6, 6.07) is 10.3. The molecule has 34 nitrogen and oxygen atoms in total. The van der Waals surface area contributed by atoms with Crippen LogP contribution in [0.25, 0.3) is 0 Å². The number of carboxylic acids is 2. The summed E-state index contributed by atoms with van der Waals surface area (Å²) in [5.41, 5.74) is 2.03. The molecule has 0 aliphatic carbocycles. The van der Waals surface area contributed by atoms with Crippen LogP contribution in [0.1, 0.15) is 98.5 Å². The minimum atomic E-state index is -5.02. The molecule has 2 aliphatic rings. The van der Waals surface area contributed by atoms with E-state index in [0.717, 1.165) is 35.4 Å². The average Bonchev–Trinajstić information content (AvgIpc) is 1.77. The van der Waals surface area contributed by atoms with Gasteiger partial charge in [-0.05, 0) is 97.5 Å². The lowest BCUT2D eigenvalue weighted by Gasteiger charge is -2.24. The van der Waals surface area contributed by atoms with Gasteiger partial charge in [-0.1, -0.05) is 34.7 Å². The summed E-state index contributed by atoms with van der Waals surface area (Å²) in [5.74, 6) is -5.90. The number of ether oxygens (including phenoxy) is 8. The third-order valence-corrected chi connectivity index (χ3v) is 16.0. The first-order valence-electron chi connectivity index (χ1n) is 35.7. The van der Waals surface area contributed by atoms with Crippen LogP contribution < -0.4 is 52.0 Å². The van der Waals surface area contributed by atoms with Crippen LogP contribution in [0.5, 0.6) is 11.5 Å². The minimum absolute atomic E-state index is 0.00314. The van der Waals surface area contributed by atoms with Gasteiger partial charge in [-0.25, -0.2) is 9.97 Å². The number of halogens is 6. The Morgan fingerprint density at radius 2 is 0.845 bits per heavy atom. The topological polar surface area (TPSA) is 429 Å². The number of aromatic nitrogens is 2. The van der Waals surface area contributed by atoms with E-state index in [0.29, 0.717) is 50.7 Å². The number of alkyl halides is 6. The molecule has 6 unspecified atom stereocenters. The van der Waals surface area contributed by atoms with Crippen LogP contribution in [0.4, 0.5) is 38.0 Å². The molecule has 0 saturated carbocycles. The molecule has 0 fully saturated rings. The number of hydrogen-bond donors (Lipinski definition) is 10. The fourth-order valence-electron chi connectivity index (χ4n) is 10.8. The summed E-state index contributed by atoms with van der Waals surface area (Å²) in [7, 11) is 0. The van der Waals surface area contributed by atoms with Crippen molar-refractivity contribution < 1.29 is 113 Å². The first-order valence-corrected chi connectivity index (χ1v) is 35.7. The first-order chi connectivity index (χ1) is 52.7. The molecular formula is C70H96F6N16O18. The molecule has 2 aromatic carbocycles. The van der Waals surface area contributed by atoms with E-state index in [9.17, 15) is 74.9 Å². The van der Waals surface area contributed by atoms with E-state index in [4.69, 9.17) is 28.4 Å². The zero-order valence-corrected chi connectivity index (χ0v) is 61.0. The molecule has 0 saturated heterocycles. The van der Waals surface area contributed by atoms with E-state index in [2.05, 4.69) is 82.7 Å². The lowest BCUT2D eigenvalue weighted by Crippen LogP contribution is -2.49. The molecule has 110 heavy (non-hydrogen) atoms. The highest BCUT2D eigenvalue weighted by molar-refractivity contribution is 5.89. The molecule has 0 bridgehead atoms. The van der Waals surface area contributed by atoms with Crippen LogP contribution in [-0.4, -0.2) is 246 Å². The zero-order chi connectivity index (χ0) is 79.5. The van der Waals surface area contributed by atoms with Gasteiger partial charge in [0.2, 0.25) is 35.4 Å². The number of nitrogens with one attached hydrogen (secondary N) is 8. The molecule has 4 aromatic rings. The van der Waals surface area contributed by atoms with Crippen molar-refractivity contribution in [1.82, 2.24) is 51.9 Å². The maximum Gasteiger partial charge on any atom is 0.573 e. The SMILES string of the molecule is Cc1ccnc(NCCCC(=O)NC(CC2CN(CCOCCOCCOCCNC(=O)CCC(=O)NCCOCCOCCOCCN3CC(CC(NC(=O)CCCNc4cc(C)ccn4)C(=O)NC(CC(=O)O)c4cccc(OC(F)(F)F)c4)N=N3)N=N2)C(=O)NC(CC(=O)O)c2cccc(OC(F)(F)F)c2)c1. The Labute approximate surface area is 630 Å². The van der Waals surface area contributed by atoms with E-state index in [-0.39, 0.29) is 167 Å². The third-order valence-electron chi connectivity index (χ3n) is 16.0. The number of pyridine rings is 2. The van der Waals surface area contributed by atoms with Crippen molar-refractivity contribution in [1.29, 1.82) is 0 Å². The van der Waals surface area contributed by atoms with E-state index >= 15 is 0 Å². The maximum absolute atomic E-state index is 13.9. The van der Waals surface area contributed by atoms with Gasteiger partial charge in [0, 0.05) is 77.1 Å². The monoisotopic (exact) mass is 1560 g/mol. The van der Waals surface area contributed by atoms with Gasteiger partial charge < -0.3 is 90.6 Å². The minimum Gasteiger partial charge on any atom is -0.481 e. The Hall–Kier alpha value is -10.2. The molecule has 0 radical (unpaired) electrons. The summed E-state index contributed by atoms with van der Waals surface area (Å²) in [6.45, 7) is 8.94. The van der Waals surface area contributed by atoms with Crippen LogP contribution in [-0.2, 0) is 66.8 Å². The number of aliphatic carboxylic acids is 2. The fraction of sp³-hybridized carbons (Fsp3) is 0.571. The Bertz CT molecular complexity index is 3370. The van der Waals surface area contributed by atoms with Gasteiger partial charge in [-0.3, -0.25) is 48.4 Å². The summed E-state index contributed by atoms with van der Waals surface area (Å²) in [4.78, 5) is 111. The molecule has 0 spiro atoms. The summed E-state index contributed by atoms with van der Waals surface area (Å²) >= 11 is 0. The number of benzene rings is 2. The zero-order valence-electron chi connectivity index (χ0n) is 61.0. The number of carbonyl (C=O) groups is 8. The fourth-order valence-corrected chi connectivity index (χ4v) is 10.8. The van der Waals surface area contributed by atoms with Crippen molar-refractivity contribution in [2.75, 3.05) is 142 Å². The molecule has 6 rings (SSSR count). The maximum atomic E-state index is 13.9. The normalized spacial score (nSPS) is 15.1. The van der Waals surface area contributed by atoms with Crippen molar-refractivity contribution in [3.63, 3.8) is 0 Å². The van der Waals surface area contributed by atoms with E-state index < -0.39 is 109 Å². The average molecular weight is 1560 g/mol. The summed E-state index contributed by atoms with van der Waals surface area (Å²) < 4.78 is 120.